The molecule has 0 spiro atoms. The van der Waals surface area contributed by atoms with Gasteiger partial charge in [0.2, 0.25) is 0 Å². The van der Waals surface area contributed by atoms with Gasteiger partial charge >= 0.3 is 0 Å². The van der Waals surface area contributed by atoms with E-state index < -0.39 is 0 Å². The van der Waals surface area contributed by atoms with Gasteiger partial charge in [0.15, 0.2) is 6.29 Å². The lowest BCUT2D eigenvalue weighted by Crippen LogP contribution is -2.20. The van der Waals surface area contributed by atoms with Crippen LogP contribution in [-0.4, -0.2) is 19.5 Å². The second-order valence-electron chi connectivity index (χ2n) is 4.81. The van der Waals surface area contributed by atoms with E-state index >= 15 is 0 Å². The van der Waals surface area contributed by atoms with Crippen LogP contribution in [-0.2, 0) is 9.47 Å². The first-order chi connectivity index (χ1) is 8.08. The van der Waals surface area contributed by atoms with Gasteiger partial charge in [0, 0.05) is 12.5 Å². The van der Waals surface area contributed by atoms with E-state index in [1.807, 2.05) is 0 Å². The second-order valence-corrected chi connectivity index (χ2v) is 4.81. The van der Waals surface area contributed by atoms with Crippen LogP contribution in [0.5, 0.6) is 0 Å². The highest BCUT2D eigenvalue weighted by Gasteiger charge is 2.21. The zero-order chi connectivity index (χ0) is 12.4. The quantitative estimate of drug-likeness (QED) is 0.874. The lowest BCUT2D eigenvalue weighted by Gasteiger charge is -2.19. The first kappa shape index (κ1) is 12.6. The molecule has 2 rings (SSSR count). The minimum absolute atomic E-state index is 0.0163. The molecule has 3 nitrogen and oxygen atoms in total. The van der Waals surface area contributed by atoms with Gasteiger partial charge in [-0.05, 0) is 43.0 Å². The molecule has 17 heavy (non-hydrogen) atoms. The monoisotopic (exact) mass is 235 g/mol. The fraction of sp³-hybridized carbons (Fsp3) is 0.571. The molecule has 0 amide bonds. The van der Waals surface area contributed by atoms with Crippen molar-refractivity contribution >= 4 is 0 Å². The molecular formula is C14H21NO2. The van der Waals surface area contributed by atoms with Crippen LogP contribution in [0.25, 0.3) is 0 Å². The Labute approximate surface area is 103 Å². The molecule has 3 heteroatoms. The number of rotatable bonds is 3. The number of hydrogen-bond acceptors (Lipinski definition) is 3. The van der Waals surface area contributed by atoms with E-state index in [-0.39, 0.29) is 12.3 Å². The number of nitrogens with two attached hydrogens (primary N) is 1. The highest BCUT2D eigenvalue weighted by molar-refractivity contribution is 5.38. The first-order valence-corrected chi connectivity index (χ1v) is 6.14. The highest BCUT2D eigenvalue weighted by atomic mass is 16.7. The summed E-state index contributed by atoms with van der Waals surface area (Å²) in [4.78, 5) is 0. The average molecular weight is 235 g/mol. The molecule has 0 bridgehead atoms. The Kier molecular flexibility index (Phi) is 3.82. The van der Waals surface area contributed by atoms with Crippen LogP contribution in [0.1, 0.15) is 34.7 Å². The van der Waals surface area contributed by atoms with Crippen LogP contribution in [0.15, 0.2) is 12.1 Å². The van der Waals surface area contributed by atoms with Gasteiger partial charge in [-0.25, -0.2) is 0 Å². The Morgan fingerprint density at radius 3 is 2.35 bits per heavy atom. The number of aryl methyl sites for hydroxylation is 3. The summed E-state index contributed by atoms with van der Waals surface area (Å²) in [6, 6.07) is 4.36. The van der Waals surface area contributed by atoms with Crippen LogP contribution < -0.4 is 5.73 Å². The summed E-state index contributed by atoms with van der Waals surface area (Å²) in [5, 5.41) is 0. The molecule has 2 N–H and O–H groups in total. The zero-order valence-electron chi connectivity index (χ0n) is 10.8. The van der Waals surface area contributed by atoms with Crippen LogP contribution >= 0.6 is 0 Å². The maximum Gasteiger partial charge on any atom is 0.159 e. The number of ether oxygens (including phenoxy) is 2. The van der Waals surface area contributed by atoms with Gasteiger partial charge in [-0.2, -0.15) is 0 Å². The van der Waals surface area contributed by atoms with Crippen molar-refractivity contribution in [2.75, 3.05) is 13.2 Å². The summed E-state index contributed by atoms with van der Waals surface area (Å²) >= 11 is 0. The Hall–Kier alpha value is -0.900. The Balaban J connectivity index is 2.12. The Bertz CT molecular complexity index is 397. The second kappa shape index (κ2) is 5.17. The lowest BCUT2D eigenvalue weighted by atomic mass is 9.94. The molecule has 1 saturated heterocycles. The van der Waals surface area contributed by atoms with Crippen molar-refractivity contribution in [3.05, 3.63) is 34.4 Å². The normalized spacial score (nSPS) is 18.6. The van der Waals surface area contributed by atoms with Gasteiger partial charge in [0.05, 0.1) is 13.2 Å². The molecule has 1 aliphatic heterocycles. The molecular weight excluding hydrogens is 214 g/mol. The number of benzene rings is 1. The SMILES string of the molecule is Cc1cc(C)c(C(N)CC2OCCO2)cc1C. The zero-order valence-corrected chi connectivity index (χ0v) is 10.8. The molecule has 1 aromatic rings. The van der Waals surface area contributed by atoms with Gasteiger partial charge in [-0.1, -0.05) is 12.1 Å². The minimum Gasteiger partial charge on any atom is -0.350 e. The lowest BCUT2D eigenvalue weighted by molar-refractivity contribution is -0.0508. The summed E-state index contributed by atoms with van der Waals surface area (Å²) < 4.78 is 10.9. The predicted molar refractivity (Wildman–Crippen MR) is 67.9 cm³/mol. The fourth-order valence-electron chi connectivity index (χ4n) is 2.26. The minimum atomic E-state index is -0.133. The Morgan fingerprint density at radius 1 is 1.12 bits per heavy atom. The van der Waals surface area contributed by atoms with E-state index in [1.165, 1.54) is 22.3 Å². The maximum atomic E-state index is 6.23. The fourth-order valence-corrected chi connectivity index (χ4v) is 2.26. The largest absolute Gasteiger partial charge is 0.350 e. The molecule has 1 heterocycles. The van der Waals surface area contributed by atoms with Crippen molar-refractivity contribution in [3.63, 3.8) is 0 Å². The van der Waals surface area contributed by atoms with Crippen molar-refractivity contribution in [3.8, 4) is 0 Å². The van der Waals surface area contributed by atoms with E-state index in [0.29, 0.717) is 13.2 Å². The molecule has 0 aromatic heterocycles. The van der Waals surface area contributed by atoms with Crippen LogP contribution in [0.2, 0.25) is 0 Å². The third-order valence-corrected chi connectivity index (χ3v) is 3.42. The van der Waals surface area contributed by atoms with Gasteiger partial charge < -0.3 is 15.2 Å². The van der Waals surface area contributed by atoms with E-state index in [9.17, 15) is 0 Å². The van der Waals surface area contributed by atoms with E-state index in [2.05, 4.69) is 32.9 Å². The van der Waals surface area contributed by atoms with Crippen LogP contribution in [0.4, 0.5) is 0 Å². The van der Waals surface area contributed by atoms with Crippen molar-refractivity contribution in [1.29, 1.82) is 0 Å². The number of hydrogen-bond donors (Lipinski definition) is 1. The van der Waals surface area contributed by atoms with E-state index in [1.54, 1.807) is 0 Å². The van der Waals surface area contributed by atoms with Crippen molar-refractivity contribution in [2.45, 2.75) is 39.5 Å². The summed E-state index contributed by atoms with van der Waals surface area (Å²) in [5.74, 6) is 0. The van der Waals surface area contributed by atoms with Crippen LogP contribution in [0, 0.1) is 20.8 Å². The average Bonchev–Trinajstić information content (AvgIpc) is 2.76. The first-order valence-electron chi connectivity index (χ1n) is 6.14. The van der Waals surface area contributed by atoms with Crippen molar-refractivity contribution in [1.82, 2.24) is 0 Å². The molecule has 0 radical (unpaired) electrons. The summed E-state index contributed by atoms with van der Waals surface area (Å²) in [7, 11) is 0. The molecule has 1 aromatic carbocycles. The maximum absolute atomic E-state index is 6.23. The van der Waals surface area contributed by atoms with E-state index in [0.717, 1.165) is 6.42 Å². The van der Waals surface area contributed by atoms with Gasteiger partial charge in [-0.15, -0.1) is 0 Å². The predicted octanol–water partition coefficient (Wildman–Crippen LogP) is 2.37. The smallest absolute Gasteiger partial charge is 0.159 e. The van der Waals surface area contributed by atoms with Gasteiger partial charge in [0.25, 0.3) is 0 Å². The van der Waals surface area contributed by atoms with Crippen molar-refractivity contribution in [2.24, 2.45) is 5.73 Å². The van der Waals surface area contributed by atoms with Gasteiger partial charge in [-0.3, -0.25) is 0 Å². The van der Waals surface area contributed by atoms with E-state index in [4.69, 9.17) is 15.2 Å². The van der Waals surface area contributed by atoms with Crippen LogP contribution in [0.3, 0.4) is 0 Å². The topological polar surface area (TPSA) is 44.5 Å². The Morgan fingerprint density at radius 2 is 1.71 bits per heavy atom. The molecule has 1 aliphatic rings. The molecule has 0 aliphatic carbocycles. The highest BCUT2D eigenvalue weighted by Crippen LogP contribution is 2.25. The molecule has 94 valence electrons. The molecule has 1 fully saturated rings. The third kappa shape index (κ3) is 2.86. The summed E-state index contributed by atoms with van der Waals surface area (Å²) in [6.07, 6.45) is 0.592. The van der Waals surface area contributed by atoms with Crippen molar-refractivity contribution < 1.29 is 9.47 Å². The molecule has 0 saturated carbocycles. The standard InChI is InChI=1S/C14H21NO2/c1-9-6-11(3)12(7-10(9)2)13(15)8-14-16-4-5-17-14/h6-7,13-14H,4-5,8,15H2,1-3H3. The summed E-state index contributed by atoms with van der Waals surface area (Å²) in [6.45, 7) is 7.72. The van der Waals surface area contributed by atoms with Gasteiger partial charge in [0.1, 0.15) is 0 Å². The molecule has 1 unspecified atom stereocenters. The third-order valence-electron chi connectivity index (χ3n) is 3.42. The molecule has 1 atom stereocenters. The summed E-state index contributed by atoms with van der Waals surface area (Å²) in [5.41, 5.74) is 11.3.